The maximum absolute atomic E-state index is 11.3. The largest absolute Gasteiger partial charge is 0.393 e. The summed E-state index contributed by atoms with van der Waals surface area (Å²) in [5, 5.41) is 21.4. The van der Waals surface area contributed by atoms with Crippen LogP contribution in [0.3, 0.4) is 0 Å². The number of aliphatic hydroxyl groups is 2. The van der Waals surface area contributed by atoms with Crippen molar-refractivity contribution in [2.24, 2.45) is 28.6 Å². The second-order valence-corrected chi connectivity index (χ2v) is 9.82. The Kier molecular flexibility index (Phi) is 4.18. The first-order chi connectivity index (χ1) is 12.2. The summed E-state index contributed by atoms with van der Waals surface area (Å²) >= 11 is 0. The highest BCUT2D eigenvalue weighted by Gasteiger charge is 2.63. The Labute approximate surface area is 157 Å². The molecule has 0 aliphatic heterocycles. The van der Waals surface area contributed by atoms with Gasteiger partial charge in [0.1, 0.15) is 5.60 Å². The first-order valence-corrected chi connectivity index (χ1v) is 10.3. The molecule has 3 heteroatoms. The molecule has 3 fully saturated rings. The van der Waals surface area contributed by atoms with Crippen molar-refractivity contribution in [3.8, 4) is 11.8 Å². The van der Waals surface area contributed by atoms with E-state index in [9.17, 15) is 15.0 Å². The minimum atomic E-state index is -1.03. The zero-order chi connectivity index (χ0) is 18.7. The van der Waals surface area contributed by atoms with Crippen LogP contribution in [0.2, 0.25) is 0 Å². The fourth-order valence-electron chi connectivity index (χ4n) is 7.05. The molecule has 0 aromatic carbocycles. The van der Waals surface area contributed by atoms with Crippen molar-refractivity contribution < 1.29 is 15.0 Å². The Morgan fingerprint density at radius 3 is 2.62 bits per heavy atom. The number of Topliss-reactive ketones (excluding diaryl/α,β-unsaturated/α-hetero) is 1. The number of ketones is 1. The molecule has 3 nitrogen and oxygen atoms in total. The molecule has 4 rings (SSSR count). The highest BCUT2D eigenvalue weighted by atomic mass is 16.3. The molecule has 0 aromatic heterocycles. The monoisotopic (exact) mass is 356 g/mol. The zero-order valence-electron chi connectivity index (χ0n) is 16.3. The van der Waals surface area contributed by atoms with Gasteiger partial charge in [0, 0.05) is 12.3 Å². The molecule has 0 aromatic rings. The van der Waals surface area contributed by atoms with E-state index in [0.717, 1.165) is 44.9 Å². The van der Waals surface area contributed by atoms with E-state index in [1.807, 2.05) is 0 Å². The summed E-state index contributed by atoms with van der Waals surface area (Å²) in [7, 11) is 0. The SMILES string of the molecule is CC(=O)C#C[C@]1(O)CCC2C3CC=C4C[C@@H](O)CC[C@]4(C)C3CC[C@@]21C. The van der Waals surface area contributed by atoms with Gasteiger partial charge in [-0.3, -0.25) is 4.79 Å². The molecule has 7 atom stereocenters. The van der Waals surface area contributed by atoms with Gasteiger partial charge in [-0.05, 0) is 80.5 Å². The summed E-state index contributed by atoms with van der Waals surface area (Å²) in [6.07, 6.45) is 9.93. The summed E-state index contributed by atoms with van der Waals surface area (Å²) in [6, 6.07) is 0. The fraction of sp³-hybridized carbons (Fsp3) is 0.783. The van der Waals surface area contributed by atoms with E-state index >= 15 is 0 Å². The average Bonchev–Trinajstić information content (AvgIpc) is 2.86. The molecule has 2 N–H and O–H groups in total. The second-order valence-electron chi connectivity index (χ2n) is 9.82. The zero-order valence-corrected chi connectivity index (χ0v) is 16.3. The Morgan fingerprint density at radius 2 is 1.88 bits per heavy atom. The van der Waals surface area contributed by atoms with E-state index in [4.69, 9.17) is 0 Å². The highest BCUT2D eigenvalue weighted by Crippen LogP contribution is 2.67. The first-order valence-electron chi connectivity index (χ1n) is 10.3. The van der Waals surface area contributed by atoms with Gasteiger partial charge in [0.05, 0.1) is 6.10 Å². The van der Waals surface area contributed by atoms with Gasteiger partial charge < -0.3 is 10.2 Å². The molecule has 0 spiro atoms. The second kappa shape index (κ2) is 5.94. The molecule has 3 unspecified atom stereocenters. The van der Waals surface area contributed by atoms with Crippen LogP contribution in [0, 0.1) is 40.4 Å². The van der Waals surface area contributed by atoms with Gasteiger partial charge in [0.15, 0.2) is 0 Å². The molecule has 0 amide bonds. The summed E-state index contributed by atoms with van der Waals surface area (Å²) in [4.78, 5) is 11.3. The van der Waals surface area contributed by atoms with Crippen LogP contribution in [0.1, 0.15) is 72.1 Å². The maximum atomic E-state index is 11.3. The lowest BCUT2D eigenvalue weighted by molar-refractivity contribution is -0.112. The first kappa shape index (κ1) is 18.3. The van der Waals surface area contributed by atoms with Crippen molar-refractivity contribution >= 4 is 5.78 Å². The van der Waals surface area contributed by atoms with Gasteiger partial charge in [-0.25, -0.2) is 0 Å². The van der Waals surface area contributed by atoms with Gasteiger partial charge in [0.2, 0.25) is 5.78 Å². The molecule has 26 heavy (non-hydrogen) atoms. The molecule has 3 saturated carbocycles. The molecule has 4 aliphatic carbocycles. The number of hydrogen-bond donors (Lipinski definition) is 2. The standard InChI is InChI=1S/C23H32O3/c1-15(24)6-12-23(26)13-9-20-18-5-4-16-14-17(25)7-10-21(16,2)19(18)8-11-22(20,23)3/h4,17-20,25-26H,5,7-11,13-14H2,1-3H3/t17-,18?,19?,20?,21-,22-,23-/m0/s1. The van der Waals surface area contributed by atoms with Crippen molar-refractivity contribution in [1.29, 1.82) is 0 Å². The third-order valence-electron chi connectivity index (χ3n) is 8.67. The third kappa shape index (κ3) is 2.45. The maximum Gasteiger partial charge on any atom is 0.202 e. The van der Waals surface area contributed by atoms with Gasteiger partial charge in [-0.15, -0.1) is 0 Å². The number of allylic oxidation sites excluding steroid dienone is 1. The van der Waals surface area contributed by atoms with Crippen LogP contribution in [-0.4, -0.2) is 27.7 Å². The van der Waals surface area contributed by atoms with Crippen LogP contribution in [0.4, 0.5) is 0 Å². The number of carbonyl (C=O) groups excluding carboxylic acids is 1. The summed E-state index contributed by atoms with van der Waals surface area (Å²) < 4.78 is 0. The van der Waals surface area contributed by atoms with E-state index in [1.54, 1.807) is 0 Å². The Bertz CT molecular complexity index is 713. The quantitative estimate of drug-likeness (QED) is 0.396. The van der Waals surface area contributed by atoms with Gasteiger partial charge in [-0.2, -0.15) is 0 Å². The minimum Gasteiger partial charge on any atom is -0.393 e. The highest BCUT2D eigenvalue weighted by molar-refractivity contribution is 5.93. The molecular formula is C23H32O3. The average molecular weight is 357 g/mol. The van der Waals surface area contributed by atoms with E-state index in [0.29, 0.717) is 24.2 Å². The van der Waals surface area contributed by atoms with Crippen LogP contribution < -0.4 is 0 Å². The van der Waals surface area contributed by atoms with Crippen molar-refractivity contribution in [3.63, 3.8) is 0 Å². The smallest absolute Gasteiger partial charge is 0.202 e. The molecule has 142 valence electrons. The van der Waals surface area contributed by atoms with Crippen LogP contribution >= 0.6 is 0 Å². The minimum absolute atomic E-state index is 0.168. The number of fused-ring (bicyclic) bond motifs is 5. The van der Waals surface area contributed by atoms with E-state index in [2.05, 4.69) is 31.8 Å². The Morgan fingerprint density at radius 1 is 1.15 bits per heavy atom. The Hall–Kier alpha value is -1.11. The normalized spacial score (nSPS) is 49.8. The number of aliphatic hydroxyl groups excluding tert-OH is 1. The number of carbonyl (C=O) groups is 1. The van der Waals surface area contributed by atoms with Gasteiger partial charge in [-0.1, -0.05) is 31.4 Å². The third-order valence-corrected chi connectivity index (χ3v) is 8.67. The van der Waals surface area contributed by atoms with Crippen molar-refractivity contribution in [3.05, 3.63) is 11.6 Å². The lowest BCUT2D eigenvalue weighted by atomic mass is 9.47. The predicted octanol–water partition coefficient (Wildman–Crippen LogP) is 3.63. The molecular weight excluding hydrogens is 324 g/mol. The summed E-state index contributed by atoms with van der Waals surface area (Å²) in [6.45, 7) is 6.09. The van der Waals surface area contributed by atoms with Crippen molar-refractivity contribution in [2.45, 2.75) is 83.8 Å². The van der Waals surface area contributed by atoms with E-state index in [1.165, 1.54) is 12.5 Å². The van der Waals surface area contributed by atoms with Crippen LogP contribution in [0.25, 0.3) is 0 Å². The molecule has 0 bridgehead atoms. The lowest BCUT2D eigenvalue weighted by Crippen LogP contribution is -2.54. The van der Waals surface area contributed by atoms with E-state index < -0.39 is 5.60 Å². The van der Waals surface area contributed by atoms with E-state index in [-0.39, 0.29) is 22.7 Å². The van der Waals surface area contributed by atoms with Crippen molar-refractivity contribution in [1.82, 2.24) is 0 Å². The predicted molar refractivity (Wildman–Crippen MR) is 101 cm³/mol. The van der Waals surface area contributed by atoms with Gasteiger partial charge >= 0.3 is 0 Å². The fourth-order valence-corrected chi connectivity index (χ4v) is 7.05. The lowest BCUT2D eigenvalue weighted by Gasteiger charge is -2.58. The molecule has 4 aliphatic rings. The number of rotatable bonds is 0. The molecule has 0 saturated heterocycles. The number of hydrogen-bond acceptors (Lipinski definition) is 3. The van der Waals surface area contributed by atoms with Crippen LogP contribution in [-0.2, 0) is 4.79 Å². The van der Waals surface area contributed by atoms with Crippen LogP contribution in [0.15, 0.2) is 11.6 Å². The molecule has 0 heterocycles. The Balaban J connectivity index is 1.66. The topological polar surface area (TPSA) is 57.5 Å². The van der Waals surface area contributed by atoms with Gasteiger partial charge in [0.25, 0.3) is 0 Å². The van der Waals surface area contributed by atoms with Crippen molar-refractivity contribution in [2.75, 3.05) is 0 Å². The van der Waals surface area contributed by atoms with Crippen LogP contribution in [0.5, 0.6) is 0 Å². The molecule has 0 radical (unpaired) electrons. The summed E-state index contributed by atoms with van der Waals surface area (Å²) in [5.74, 6) is 7.14. The summed E-state index contributed by atoms with van der Waals surface area (Å²) in [5.41, 5.74) is 0.453.